The van der Waals surface area contributed by atoms with E-state index in [-0.39, 0.29) is 12.3 Å². The summed E-state index contributed by atoms with van der Waals surface area (Å²) in [5, 5.41) is 16.8. The van der Waals surface area contributed by atoms with Gasteiger partial charge in [0.1, 0.15) is 0 Å². The van der Waals surface area contributed by atoms with Crippen LogP contribution in [0.4, 0.5) is 0 Å². The molecule has 9 heteroatoms. The van der Waals surface area contributed by atoms with Crippen molar-refractivity contribution in [2.75, 3.05) is 12.0 Å². The molecule has 2 saturated carbocycles. The van der Waals surface area contributed by atoms with E-state index in [9.17, 15) is 9.59 Å². The van der Waals surface area contributed by atoms with Crippen molar-refractivity contribution in [1.82, 2.24) is 10.3 Å². The summed E-state index contributed by atoms with van der Waals surface area (Å²) in [6.07, 6.45) is 16.5. The molecule has 3 aliphatic rings. The monoisotopic (exact) mass is 447 g/mol. The highest BCUT2D eigenvalue weighted by atomic mass is 32.2. The fourth-order valence-corrected chi connectivity index (χ4v) is 5.53. The number of nitrogens with one attached hydrogen (secondary N) is 1. The van der Waals surface area contributed by atoms with Crippen molar-refractivity contribution >= 4 is 52.4 Å². The number of nitrogens with zero attached hydrogens (tertiary/aromatic N) is 2. The number of carboxylic acids is 1. The molecule has 0 spiro atoms. The quantitative estimate of drug-likeness (QED) is 0.549. The molecule has 0 aromatic carbocycles. The number of hydrogen-bond acceptors (Lipinski definition) is 7. The molecule has 2 fully saturated rings. The minimum atomic E-state index is -1.06. The van der Waals surface area contributed by atoms with Crippen molar-refractivity contribution in [3.63, 3.8) is 0 Å². The molecule has 0 bridgehead atoms. The SMILES string of the molecule is C1CCC(NC2CCCCC2)CC1.CSC1=NN(C(=O)CCS)C(C(=O)O)S1. The molecule has 2 N–H and O–H groups in total. The van der Waals surface area contributed by atoms with Crippen molar-refractivity contribution in [3.05, 3.63) is 0 Å². The first-order valence-electron chi connectivity index (χ1n) is 10.3. The largest absolute Gasteiger partial charge is 0.479 e. The van der Waals surface area contributed by atoms with Gasteiger partial charge in [0.2, 0.25) is 11.3 Å². The van der Waals surface area contributed by atoms with Crippen LogP contribution >= 0.6 is 36.2 Å². The van der Waals surface area contributed by atoms with Gasteiger partial charge in [0, 0.05) is 18.5 Å². The van der Waals surface area contributed by atoms with Crippen LogP contribution in [0.15, 0.2) is 5.10 Å². The molecule has 0 saturated heterocycles. The molecular weight excluding hydrogens is 414 g/mol. The molecule has 28 heavy (non-hydrogen) atoms. The van der Waals surface area contributed by atoms with Gasteiger partial charge in [-0.2, -0.15) is 17.7 Å². The van der Waals surface area contributed by atoms with Gasteiger partial charge in [-0.15, -0.1) is 11.8 Å². The molecule has 1 unspecified atom stereocenters. The van der Waals surface area contributed by atoms with E-state index in [1.54, 1.807) is 6.26 Å². The average molecular weight is 448 g/mol. The second-order valence-electron chi connectivity index (χ2n) is 7.43. The highest BCUT2D eigenvalue weighted by Gasteiger charge is 2.36. The Balaban J connectivity index is 0.000000202. The van der Waals surface area contributed by atoms with Gasteiger partial charge in [-0.3, -0.25) is 4.79 Å². The van der Waals surface area contributed by atoms with Crippen LogP contribution in [0.1, 0.15) is 70.6 Å². The molecule has 1 atom stereocenters. The maximum absolute atomic E-state index is 11.5. The molecule has 160 valence electrons. The topological polar surface area (TPSA) is 82.0 Å². The molecule has 2 aliphatic carbocycles. The number of carboxylic acid groups (broad SMARTS) is 1. The van der Waals surface area contributed by atoms with E-state index < -0.39 is 11.3 Å². The molecule has 0 radical (unpaired) electrons. The number of carbonyl (C=O) groups excluding carboxylic acids is 1. The average Bonchev–Trinajstić information content (AvgIpc) is 3.15. The standard InChI is InChI=1S/C12H23N.C7H10N2O3S3/c1-3-7-11(8-4-1)13-12-9-5-2-6-10-12;1-14-7-8-9(4(10)2-3-13)5(15-7)6(11)12/h11-13H,1-10H2;5,13H,2-3H2,1H3,(H,11,12). The van der Waals surface area contributed by atoms with Gasteiger partial charge in [-0.1, -0.05) is 50.3 Å². The number of hydrazone groups is 1. The Morgan fingerprint density at radius 2 is 1.68 bits per heavy atom. The van der Waals surface area contributed by atoms with Crippen LogP contribution in [0.3, 0.4) is 0 Å². The first-order valence-corrected chi connectivity index (χ1v) is 13.0. The fraction of sp³-hybridized carbons (Fsp3) is 0.842. The van der Waals surface area contributed by atoms with E-state index in [1.807, 2.05) is 0 Å². The summed E-state index contributed by atoms with van der Waals surface area (Å²) in [5.41, 5.74) is 0. The van der Waals surface area contributed by atoms with E-state index in [0.717, 1.165) is 28.9 Å². The number of rotatable bonds is 5. The predicted molar refractivity (Wildman–Crippen MR) is 122 cm³/mol. The highest BCUT2D eigenvalue weighted by molar-refractivity contribution is 8.39. The van der Waals surface area contributed by atoms with Gasteiger partial charge in [0.25, 0.3) is 0 Å². The van der Waals surface area contributed by atoms with Gasteiger partial charge in [0.15, 0.2) is 4.38 Å². The van der Waals surface area contributed by atoms with E-state index >= 15 is 0 Å². The zero-order chi connectivity index (χ0) is 20.4. The number of thioether (sulfide) groups is 2. The third kappa shape index (κ3) is 7.80. The van der Waals surface area contributed by atoms with E-state index in [0.29, 0.717) is 10.1 Å². The lowest BCUT2D eigenvalue weighted by molar-refractivity contribution is -0.145. The smallest absolute Gasteiger partial charge is 0.339 e. The third-order valence-electron chi connectivity index (χ3n) is 5.27. The Morgan fingerprint density at radius 3 is 2.11 bits per heavy atom. The second kappa shape index (κ2) is 13.0. The molecule has 0 aromatic rings. The van der Waals surface area contributed by atoms with Crippen molar-refractivity contribution in [3.8, 4) is 0 Å². The zero-order valence-electron chi connectivity index (χ0n) is 16.6. The fourth-order valence-electron chi connectivity index (χ4n) is 3.82. The molecular formula is C19H33N3O3S3. The molecule has 1 aliphatic heterocycles. The van der Waals surface area contributed by atoms with Crippen molar-refractivity contribution in [2.45, 2.75) is 88.1 Å². The Morgan fingerprint density at radius 1 is 1.14 bits per heavy atom. The van der Waals surface area contributed by atoms with Crippen molar-refractivity contribution in [1.29, 1.82) is 0 Å². The van der Waals surface area contributed by atoms with Gasteiger partial charge >= 0.3 is 5.97 Å². The van der Waals surface area contributed by atoms with Gasteiger partial charge in [-0.05, 0) is 37.7 Å². The van der Waals surface area contributed by atoms with E-state index in [2.05, 4.69) is 23.0 Å². The lowest BCUT2D eigenvalue weighted by Crippen LogP contribution is -2.40. The Labute approximate surface area is 182 Å². The zero-order valence-corrected chi connectivity index (χ0v) is 19.2. The number of carbonyl (C=O) groups is 2. The molecule has 1 heterocycles. The minimum Gasteiger partial charge on any atom is -0.479 e. The summed E-state index contributed by atoms with van der Waals surface area (Å²) in [7, 11) is 0. The molecule has 0 aromatic heterocycles. The first kappa shape index (κ1) is 23.9. The van der Waals surface area contributed by atoms with E-state index in [4.69, 9.17) is 5.11 Å². The summed E-state index contributed by atoms with van der Waals surface area (Å²) in [6.45, 7) is 0. The Kier molecular flexibility index (Phi) is 11.1. The Bertz CT molecular complexity index is 520. The predicted octanol–water partition coefficient (Wildman–Crippen LogP) is 4.17. The van der Waals surface area contributed by atoms with Crippen LogP contribution in [0.2, 0.25) is 0 Å². The maximum atomic E-state index is 11.5. The maximum Gasteiger partial charge on any atom is 0.339 e. The number of aliphatic carboxylic acids is 1. The molecule has 6 nitrogen and oxygen atoms in total. The van der Waals surface area contributed by atoms with Crippen LogP contribution < -0.4 is 5.32 Å². The van der Waals surface area contributed by atoms with Crippen LogP contribution in [0.25, 0.3) is 0 Å². The van der Waals surface area contributed by atoms with Crippen LogP contribution in [-0.2, 0) is 9.59 Å². The summed E-state index contributed by atoms with van der Waals surface area (Å²) in [5.74, 6) is -0.981. The number of hydrogen-bond donors (Lipinski definition) is 3. The van der Waals surface area contributed by atoms with Crippen molar-refractivity contribution < 1.29 is 14.7 Å². The summed E-state index contributed by atoms with van der Waals surface area (Å²) >= 11 is 6.33. The summed E-state index contributed by atoms with van der Waals surface area (Å²) in [4.78, 5) is 22.4. The van der Waals surface area contributed by atoms with Gasteiger partial charge in [-0.25, -0.2) is 9.80 Å². The molecule has 3 rings (SSSR count). The summed E-state index contributed by atoms with van der Waals surface area (Å²) in [6, 6.07) is 1.74. The second-order valence-corrected chi connectivity index (χ2v) is 10.00. The van der Waals surface area contributed by atoms with E-state index in [1.165, 1.54) is 76.0 Å². The summed E-state index contributed by atoms with van der Waals surface area (Å²) < 4.78 is 0.593. The third-order valence-corrected chi connectivity index (χ3v) is 7.62. The lowest BCUT2D eigenvalue weighted by Gasteiger charge is -2.30. The lowest BCUT2D eigenvalue weighted by atomic mass is 9.91. The Hall–Kier alpha value is -0.380. The number of thiol groups is 1. The van der Waals surface area contributed by atoms with Crippen LogP contribution in [0, 0.1) is 0 Å². The van der Waals surface area contributed by atoms with Crippen LogP contribution in [-0.4, -0.2) is 55.8 Å². The van der Waals surface area contributed by atoms with Crippen LogP contribution in [0.5, 0.6) is 0 Å². The van der Waals surface area contributed by atoms with Gasteiger partial charge in [0.05, 0.1) is 0 Å². The first-order chi connectivity index (χ1) is 13.5. The minimum absolute atomic E-state index is 0.193. The highest BCUT2D eigenvalue weighted by Crippen LogP contribution is 2.31. The van der Waals surface area contributed by atoms with Crippen molar-refractivity contribution in [2.24, 2.45) is 5.10 Å². The normalized spacial score (nSPS) is 23.7. The number of amides is 1. The van der Waals surface area contributed by atoms with Gasteiger partial charge < -0.3 is 10.4 Å². The molecule has 1 amide bonds.